The van der Waals surface area contributed by atoms with Crippen molar-refractivity contribution in [3.05, 3.63) is 92.5 Å². The third kappa shape index (κ3) is 3.29. The maximum absolute atomic E-state index is 13.5. The standard InChI is InChI=1S/C19H12Cl2N2O5S/c20-13-10-9-12(11-14(13)21)19-22(15-5-1-3-7-17(15)28-19)29(26,27)18-8-4-2-6-16(18)23(24)25/h1-11,19H/t19-/m1/s1. The van der Waals surface area contributed by atoms with Crippen LogP contribution in [-0.2, 0) is 10.0 Å². The lowest BCUT2D eigenvalue weighted by molar-refractivity contribution is -0.387. The number of nitro groups is 1. The van der Waals surface area contributed by atoms with Gasteiger partial charge in [-0.05, 0) is 30.3 Å². The summed E-state index contributed by atoms with van der Waals surface area (Å²) in [6.45, 7) is 0. The van der Waals surface area contributed by atoms with Gasteiger partial charge in [-0.25, -0.2) is 12.7 Å². The fourth-order valence-corrected chi connectivity index (χ4v) is 5.09. The first-order valence-corrected chi connectivity index (χ1v) is 10.5. The van der Waals surface area contributed by atoms with Gasteiger partial charge in [0, 0.05) is 11.6 Å². The first-order chi connectivity index (χ1) is 13.8. The maximum atomic E-state index is 13.5. The summed E-state index contributed by atoms with van der Waals surface area (Å²) in [5, 5.41) is 12.0. The predicted octanol–water partition coefficient (Wildman–Crippen LogP) is 5.19. The molecule has 0 unspecified atom stereocenters. The molecule has 1 atom stereocenters. The van der Waals surface area contributed by atoms with E-state index in [2.05, 4.69) is 0 Å². The van der Waals surface area contributed by atoms with Gasteiger partial charge >= 0.3 is 0 Å². The fourth-order valence-electron chi connectivity index (χ4n) is 3.09. The van der Waals surface area contributed by atoms with Crippen LogP contribution >= 0.6 is 23.2 Å². The number of hydrogen-bond donors (Lipinski definition) is 0. The molecule has 0 fully saturated rings. The molecule has 0 N–H and O–H groups in total. The van der Waals surface area contributed by atoms with Gasteiger partial charge in [0.15, 0.2) is 4.90 Å². The third-order valence-electron chi connectivity index (χ3n) is 4.38. The Kier molecular flexibility index (Phi) is 4.85. The Morgan fingerprint density at radius 3 is 2.38 bits per heavy atom. The van der Waals surface area contributed by atoms with Gasteiger partial charge in [-0.2, -0.15) is 0 Å². The van der Waals surface area contributed by atoms with Crippen molar-refractivity contribution in [2.45, 2.75) is 11.1 Å². The molecule has 4 rings (SSSR count). The van der Waals surface area contributed by atoms with Crippen molar-refractivity contribution >= 4 is 44.6 Å². The van der Waals surface area contributed by atoms with Crippen LogP contribution in [0.2, 0.25) is 10.0 Å². The molecule has 0 aromatic heterocycles. The number of rotatable bonds is 4. The van der Waals surface area contributed by atoms with Crippen LogP contribution in [0.25, 0.3) is 0 Å². The number of benzene rings is 3. The maximum Gasteiger partial charge on any atom is 0.289 e. The van der Waals surface area contributed by atoms with Gasteiger partial charge in [0.1, 0.15) is 5.75 Å². The second-order valence-electron chi connectivity index (χ2n) is 6.14. The van der Waals surface area contributed by atoms with Crippen LogP contribution in [-0.4, -0.2) is 13.3 Å². The normalized spacial score (nSPS) is 15.7. The number of para-hydroxylation sites is 3. The summed E-state index contributed by atoms with van der Waals surface area (Å²) in [6, 6.07) is 16.3. The number of nitro benzene ring substituents is 1. The average molecular weight is 451 g/mol. The average Bonchev–Trinajstić information content (AvgIpc) is 3.10. The number of anilines is 1. The number of hydrogen-bond acceptors (Lipinski definition) is 5. The van der Waals surface area contributed by atoms with E-state index in [1.54, 1.807) is 30.3 Å². The SMILES string of the molecule is O=[N+]([O-])c1ccccc1S(=O)(=O)N1c2ccccc2O[C@@H]1c1ccc(Cl)c(Cl)c1. The van der Waals surface area contributed by atoms with Gasteiger partial charge in [-0.15, -0.1) is 0 Å². The van der Waals surface area contributed by atoms with Gasteiger partial charge in [0.05, 0.1) is 20.7 Å². The van der Waals surface area contributed by atoms with E-state index in [9.17, 15) is 18.5 Å². The molecule has 0 radical (unpaired) electrons. The van der Waals surface area contributed by atoms with E-state index >= 15 is 0 Å². The summed E-state index contributed by atoms with van der Waals surface area (Å²) in [6.07, 6.45) is -1.10. The molecule has 0 spiro atoms. The van der Waals surface area contributed by atoms with E-state index in [0.29, 0.717) is 16.3 Å². The Hall–Kier alpha value is -2.81. The highest BCUT2D eigenvalue weighted by Gasteiger charge is 2.43. The van der Waals surface area contributed by atoms with Gasteiger partial charge in [-0.3, -0.25) is 10.1 Å². The Bertz CT molecular complexity index is 1230. The molecular formula is C19H12Cl2N2O5S. The first kappa shape index (κ1) is 19.5. The van der Waals surface area contributed by atoms with Crippen molar-refractivity contribution in [2.75, 3.05) is 4.31 Å². The molecule has 1 heterocycles. The molecule has 0 aliphatic carbocycles. The Morgan fingerprint density at radius 2 is 1.66 bits per heavy atom. The highest BCUT2D eigenvalue weighted by molar-refractivity contribution is 7.93. The van der Waals surface area contributed by atoms with E-state index in [0.717, 1.165) is 10.4 Å². The highest BCUT2D eigenvalue weighted by Crippen LogP contribution is 2.47. The third-order valence-corrected chi connectivity index (χ3v) is 6.93. The van der Waals surface area contributed by atoms with Crippen LogP contribution in [0.3, 0.4) is 0 Å². The van der Waals surface area contributed by atoms with Gasteiger partial charge in [-0.1, -0.05) is 53.5 Å². The zero-order valence-corrected chi connectivity index (χ0v) is 16.9. The molecule has 148 valence electrons. The van der Waals surface area contributed by atoms with Crippen LogP contribution in [0, 0.1) is 10.1 Å². The molecule has 0 saturated heterocycles. The molecule has 29 heavy (non-hydrogen) atoms. The molecule has 7 nitrogen and oxygen atoms in total. The molecule has 1 aliphatic rings. The van der Waals surface area contributed by atoms with Crippen molar-refractivity contribution in [1.29, 1.82) is 0 Å². The quantitative estimate of drug-likeness (QED) is 0.402. The van der Waals surface area contributed by atoms with E-state index in [-0.39, 0.29) is 10.7 Å². The lowest BCUT2D eigenvalue weighted by Crippen LogP contribution is -2.34. The summed E-state index contributed by atoms with van der Waals surface area (Å²) >= 11 is 12.1. The first-order valence-electron chi connectivity index (χ1n) is 8.29. The summed E-state index contributed by atoms with van der Waals surface area (Å²) in [5.74, 6) is 0.325. The van der Waals surface area contributed by atoms with Crippen molar-refractivity contribution in [1.82, 2.24) is 0 Å². The van der Waals surface area contributed by atoms with Crippen molar-refractivity contribution in [3.8, 4) is 5.75 Å². The van der Waals surface area contributed by atoms with E-state index < -0.39 is 31.8 Å². The molecule has 0 amide bonds. The molecule has 0 saturated carbocycles. The summed E-state index contributed by atoms with van der Waals surface area (Å²) in [4.78, 5) is 10.3. The second-order valence-corrected chi connectivity index (χ2v) is 8.73. The Labute approximate surface area is 176 Å². The van der Waals surface area contributed by atoms with Gasteiger partial charge in [0.2, 0.25) is 6.23 Å². The minimum Gasteiger partial charge on any atom is -0.463 e. The molecule has 3 aromatic rings. The number of ether oxygens (including phenoxy) is 1. The zero-order valence-electron chi connectivity index (χ0n) is 14.5. The molecular weight excluding hydrogens is 439 g/mol. The summed E-state index contributed by atoms with van der Waals surface area (Å²) in [5.41, 5.74) is 0.171. The van der Waals surface area contributed by atoms with Crippen LogP contribution < -0.4 is 9.04 Å². The largest absolute Gasteiger partial charge is 0.463 e. The summed E-state index contributed by atoms with van der Waals surface area (Å²) in [7, 11) is -4.36. The predicted molar refractivity (Wildman–Crippen MR) is 109 cm³/mol. The van der Waals surface area contributed by atoms with Crippen LogP contribution in [0.4, 0.5) is 11.4 Å². The van der Waals surface area contributed by atoms with Crippen LogP contribution in [0.15, 0.2) is 71.6 Å². The smallest absolute Gasteiger partial charge is 0.289 e. The fraction of sp³-hybridized carbons (Fsp3) is 0.0526. The minimum atomic E-state index is -4.36. The van der Waals surface area contributed by atoms with Crippen molar-refractivity contribution in [2.24, 2.45) is 0 Å². The number of sulfonamides is 1. The Morgan fingerprint density at radius 1 is 0.966 bits per heavy atom. The molecule has 3 aromatic carbocycles. The van der Waals surface area contributed by atoms with Crippen molar-refractivity contribution < 1.29 is 18.1 Å². The van der Waals surface area contributed by atoms with Crippen molar-refractivity contribution in [3.63, 3.8) is 0 Å². The Balaban J connectivity index is 1.92. The van der Waals surface area contributed by atoms with E-state index in [4.69, 9.17) is 27.9 Å². The molecule has 10 heteroatoms. The second kappa shape index (κ2) is 7.22. The van der Waals surface area contributed by atoms with Gasteiger partial charge < -0.3 is 4.74 Å². The number of fused-ring (bicyclic) bond motifs is 1. The lowest BCUT2D eigenvalue weighted by atomic mass is 10.2. The highest BCUT2D eigenvalue weighted by atomic mass is 35.5. The zero-order chi connectivity index (χ0) is 20.8. The van der Waals surface area contributed by atoms with Crippen LogP contribution in [0.5, 0.6) is 5.75 Å². The van der Waals surface area contributed by atoms with E-state index in [1.807, 2.05) is 0 Å². The number of halogens is 2. The molecule has 1 aliphatic heterocycles. The van der Waals surface area contributed by atoms with Crippen LogP contribution in [0.1, 0.15) is 11.8 Å². The monoisotopic (exact) mass is 450 g/mol. The summed E-state index contributed by atoms with van der Waals surface area (Å²) < 4.78 is 34.0. The number of nitrogens with zero attached hydrogens (tertiary/aromatic N) is 2. The van der Waals surface area contributed by atoms with E-state index in [1.165, 1.54) is 30.3 Å². The minimum absolute atomic E-state index is 0.228. The van der Waals surface area contributed by atoms with Gasteiger partial charge in [0.25, 0.3) is 15.7 Å². The topological polar surface area (TPSA) is 89.8 Å². The lowest BCUT2D eigenvalue weighted by Gasteiger charge is -2.25. The molecule has 0 bridgehead atoms.